The van der Waals surface area contributed by atoms with Gasteiger partial charge in [-0.1, -0.05) is 79.2 Å². The van der Waals surface area contributed by atoms with Gasteiger partial charge in [0, 0.05) is 23.3 Å². The van der Waals surface area contributed by atoms with Crippen LogP contribution in [0.1, 0.15) is 85.8 Å². The second-order valence-electron chi connectivity index (χ2n) is 15.7. The summed E-state index contributed by atoms with van der Waals surface area (Å²) in [6, 6.07) is 6.77. The molecular weight excluding hydrogens is 690 g/mol. The lowest BCUT2D eigenvalue weighted by molar-refractivity contribution is -0.162. The summed E-state index contributed by atoms with van der Waals surface area (Å²) in [4.78, 5) is 59.4. The van der Waals surface area contributed by atoms with Crippen molar-refractivity contribution < 1.29 is 33.8 Å². The molecule has 1 unspecified atom stereocenters. The molecule has 0 aliphatic carbocycles. The van der Waals surface area contributed by atoms with Gasteiger partial charge in [0.1, 0.15) is 17.7 Å². The highest BCUT2D eigenvalue weighted by Gasteiger charge is 2.77. The Morgan fingerprint density at radius 1 is 1.16 bits per heavy atom. The van der Waals surface area contributed by atoms with Crippen molar-refractivity contribution in [2.75, 3.05) is 13.2 Å². The molecule has 4 rings (SSSR count). The van der Waals surface area contributed by atoms with Crippen molar-refractivity contribution in [2.45, 2.75) is 120 Å². The summed E-state index contributed by atoms with van der Waals surface area (Å²) in [7, 11) is 0. The van der Waals surface area contributed by atoms with E-state index in [0.717, 1.165) is 0 Å². The Bertz CT molecular complexity index is 1410. The van der Waals surface area contributed by atoms with Gasteiger partial charge in [-0.05, 0) is 57.9 Å². The number of carbonyl (C=O) groups excluding carboxylic acids is 4. The van der Waals surface area contributed by atoms with Gasteiger partial charge in [0.2, 0.25) is 17.7 Å². The largest absolute Gasteiger partial charge is 0.455 e. The van der Waals surface area contributed by atoms with E-state index in [-0.39, 0.29) is 41.6 Å². The van der Waals surface area contributed by atoms with Crippen molar-refractivity contribution >= 4 is 39.6 Å². The predicted molar refractivity (Wildman–Crippen MR) is 191 cm³/mol. The summed E-state index contributed by atoms with van der Waals surface area (Å²) in [6.45, 7) is 21.3. The first-order chi connectivity index (χ1) is 22.9. The maximum Gasteiger partial charge on any atom is 0.313 e. The summed E-state index contributed by atoms with van der Waals surface area (Å²) in [5.41, 5.74) is -1.37. The third-order valence-corrected chi connectivity index (χ3v) is 10.9. The second kappa shape index (κ2) is 15.1. The Morgan fingerprint density at radius 2 is 1.82 bits per heavy atom. The highest BCUT2D eigenvalue weighted by atomic mass is 79.9. The number of hydrogen-bond acceptors (Lipinski definition) is 7. The molecule has 2 N–H and O–H groups in total. The van der Waals surface area contributed by atoms with Gasteiger partial charge in [-0.2, -0.15) is 0 Å². The number of halogens is 1. The van der Waals surface area contributed by atoms with Crippen LogP contribution in [0.25, 0.3) is 0 Å². The summed E-state index contributed by atoms with van der Waals surface area (Å²) in [6.07, 6.45) is 3.51. The smallest absolute Gasteiger partial charge is 0.313 e. The van der Waals surface area contributed by atoms with Crippen LogP contribution in [0.3, 0.4) is 0 Å². The van der Waals surface area contributed by atoms with E-state index in [1.165, 1.54) is 4.90 Å². The quantitative estimate of drug-likeness (QED) is 0.146. The van der Waals surface area contributed by atoms with E-state index in [0.29, 0.717) is 24.8 Å². The van der Waals surface area contributed by atoms with E-state index in [2.05, 4.69) is 55.2 Å². The highest BCUT2D eigenvalue weighted by Crippen LogP contribution is 2.61. The number of allylic oxidation sites excluding steroid dienone is 1. The van der Waals surface area contributed by atoms with Crippen molar-refractivity contribution in [3.63, 3.8) is 0 Å². The zero-order valence-corrected chi connectivity index (χ0v) is 31.6. The molecule has 3 heterocycles. The molecule has 9 atom stereocenters. The maximum absolute atomic E-state index is 14.9. The van der Waals surface area contributed by atoms with E-state index >= 15 is 0 Å². The zero-order chi connectivity index (χ0) is 36.5. The average Bonchev–Trinajstić information content (AvgIpc) is 3.62. The van der Waals surface area contributed by atoms with Crippen molar-refractivity contribution in [2.24, 2.45) is 17.3 Å². The van der Waals surface area contributed by atoms with Crippen LogP contribution < -0.4 is 5.32 Å². The van der Waals surface area contributed by atoms with Gasteiger partial charge >= 0.3 is 5.97 Å². The van der Waals surface area contributed by atoms with Gasteiger partial charge in [-0.3, -0.25) is 19.2 Å². The summed E-state index contributed by atoms with van der Waals surface area (Å²) < 4.78 is 13.0. The molecule has 0 aromatic heterocycles. The Balaban J connectivity index is 1.74. The lowest BCUT2D eigenvalue weighted by Gasteiger charge is -2.46. The number of aliphatic hydroxyl groups is 1. The lowest BCUT2D eigenvalue weighted by atomic mass is 9.70. The molecule has 0 radical (unpaired) electrons. The molecule has 270 valence electrons. The van der Waals surface area contributed by atoms with Crippen LogP contribution in [0.4, 0.5) is 0 Å². The number of ether oxygens (including phenoxy) is 2. The maximum atomic E-state index is 14.9. The van der Waals surface area contributed by atoms with Crippen LogP contribution in [-0.4, -0.2) is 91.9 Å². The fourth-order valence-electron chi connectivity index (χ4n) is 8.42. The Labute approximate surface area is 299 Å². The Hall–Kier alpha value is -3.02. The highest BCUT2D eigenvalue weighted by molar-refractivity contribution is 9.09. The lowest BCUT2D eigenvalue weighted by Crippen LogP contribution is -2.62. The van der Waals surface area contributed by atoms with E-state index in [4.69, 9.17) is 9.47 Å². The topological polar surface area (TPSA) is 125 Å². The van der Waals surface area contributed by atoms with Crippen molar-refractivity contribution in [1.82, 2.24) is 15.1 Å². The van der Waals surface area contributed by atoms with Gasteiger partial charge in [-0.25, -0.2) is 0 Å². The van der Waals surface area contributed by atoms with Crippen molar-refractivity contribution in [1.29, 1.82) is 0 Å². The molecule has 11 heteroatoms. The number of nitrogens with one attached hydrogen (secondary N) is 1. The van der Waals surface area contributed by atoms with Gasteiger partial charge in [0.25, 0.3) is 0 Å². The minimum atomic E-state index is -1.33. The van der Waals surface area contributed by atoms with Crippen LogP contribution in [0.2, 0.25) is 0 Å². The van der Waals surface area contributed by atoms with Gasteiger partial charge in [0.15, 0.2) is 0 Å². The predicted octanol–water partition coefficient (Wildman–Crippen LogP) is 5.10. The van der Waals surface area contributed by atoms with Gasteiger partial charge in [-0.15, -0.1) is 13.2 Å². The van der Waals surface area contributed by atoms with Crippen LogP contribution >= 0.6 is 15.9 Å². The number of esters is 1. The molecule has 3 aliphatic heterocycles. The fourth-order valence-corrected chi connectivity index (χ4v) is 9.37. The molecule has 49 heavy (non-hydrogen) atoms. The Kier molecular flexibility index (Phi) is 11.9. The van der Waals surface area contributed by atoms with Crippen molar-refractivity contribution in [3.05, 3.63) is 61.2 Å². The van der Waals surface area contributed by atoms with Crippen LogP contribution in [0.5, 0.6) is 0 Å². The first-order valence-corrected chi connectivity index (χ1v) is 18.2. The van der Waals surface area contributed by atoms with Crippen LogP contribution in [-0.2, 0) is 28.7 Å². The summed E-state index contributed by atoms with van der Waals surface area (Å²) in [5, 5.41) is 13.3. The molecule has 3 fully saturated rings. The molecule has 1 aromatic carbocycles. The monoisotopic (exact) mass is 743 g/mol. The molecule has 3 saturated heterocycles. The molecule has 0 saturated carbocycles. The number of likely N-dealkylation sites (tertiary alicyclic amines) is 1. The third kappa shape index (κ3) is 7.69. The number of fused-ring (bicyclic) bond motifs is 1. The van der Waals surface area contributed by atoms with Crippen LogP contribution in [0, 0.1) is 17.3 Å². The number of rotatable bonds is 15. The first-order valence-electron chi connectivity index (χ1n) is 17.3. The van der Waals surface area contributed by atoms with Gasteiger partial charge in [0.05, 0.1) is 36.6 Å². The van der Waals surface area contributed by atoms with E-state index in [9.17, 15) is 24.3 Å². The van der Waals surface area contributed by atoms with E-state index in [1.807, 2.05) is 44.2 Å². The molecule has 10 nitrogen and oxygen atoms in total. The number of amides is 3. The van der Waals surface area contributed by atoms with Crippen LogP contribution in [0.15, 0.2) is 55.6 Å². The summed E-state index contributed by atoms with van der Waals surface area (Å²) >= 11 is 3.73. The normalized spacial score (nSPS) is 28.0. The minimum absolute atomic E-state index is 0.108. The number of alkyl halides is 1. The summed E-state index contributed by atoms with van der Waals surface area (Å²) in [5.74, 6) is -3.60. The molecule has 1 aromatic rings. The first kappa shape index (κ1) is 38.8. The number of aliphatic hydroxyl groups excluding tert-OH is 1. The number of hydrogen-bond donors (Lipinski definition) is 2. The number of carbonyl (C=O) groups is 4. The number of nitrogens with zero attached hydrogens (tertiary/aromatic N) is 2. The average molecular weight is 745 g/mol. The molecule has 3 amide bonds. The molecule has 2 bridgehead atoms. The van der Waals surface area contributed by atoms with E-state index in [1.54, 1.807) is 30.9 Å². The number of benzene rings is 1. The molecule has 1 spiro atoms. The molecule has 3 aliphatic rings. The van der Waals surface area contributed by atoms with Crippen molar-refractivity contribution in [3.8, 4) is 0 Å². The Morgan fingerprint density at radius 3 is 2.39 bits per heavy atom. The zero-order valence-electron chi connectivity index (χ0n) is 30.0. The fraction of sp³-hybridized carbons (Fsp3) is 0.632. The van der Waals surface area contributed by atoms with Gasteiger partial charge < -0.3 is 29.7 Å². The molecular formula is C38H54BrN3O7. The standard InChI is InChI=1S/C38H54BrN3O7/c1-10-12-18-27(44)40-24(4)30(25-16-14-13-15-17-25)48-35(47)28-29-33(45)42(23(3)21-43)32(38(29)20-26(39)31(28)49-38)34(46)41(19-11-2)37(8,9)22-36(5,6)7/h10-11,13-17,23-24,26,28-32,43H,1-2,12,18-22H2,3-9H3,(H,40,44)/t23-,24-,26?,28-,29+,30-,31-,32-,38+/m1/s1. The second-order valence-corrected chi connectivity index (χ2v) is 16.9. The SMILES string of the molecule is C=CCCC(=O)N[C@H](C)[C@@H](OC(=O)[C@H]1[C@@H]2O[C@@]3(CC2Br)[C@@H]1C(=O)N([C@H](C)CO)[C@@H]3C(=O)N(CC=C)C(C)(C)CC(C)(C)C)c1ccccc1. The minimum Gasteiger partial charge on any atom is -0.455 e. The van der Waals surface area contributed by atoms with E-state index < -0.39 is 65.2 Å². The third-order valence-electron chi connectivity index (χ3n) is 10.0.